The summed E-state index contributed by atoms with van der Waals surface area (Å²) in [5.41, 5.74) is 1.55. The summed E-state index contributed by atoms with van der Waals surface area (Å²) in [6.07, 6.45) is 1.75. The average Bonchev–Trinajstić information content (AvgIpc) is 3.03. The number of nitrogens with zero attached hydrogens (tertiary/aromatic N) is 3. The molecule has 5 nitrogen and oxygen atoms in total. The van der Waals surface area contributed by atoms with E-state index in [1.54, 1.807) is 24.4 Å². The molecule has 1 aromatic carbocycles. The fraction of sp³-hybridized carbons (Fsp3) is 0.333. The molecule has 0 radical (unpaired) electrons. The molecule has 0 aliphatic carbocycles. The van der Waals surface area contributed by atoms with Crippen molar-refractivity contribution in [3.63, 3.8) is 0 Å². The summed E-state index contributed by atoms with van der Waals surface area (Å²) in [6.45, 7) is 3.82. The number of hydrogen-bond acceptors (Lipinski definition) is 3. The van der Waals surface area contributed by atoms with Crippen LogP contribution in [0.15, 0.2) is 30.5 Å². The topological polar surface area (TPSA) is 52.2 Å². The summed E-state index contributed by atoms with van der Waals surface area (Å²) >= 11 is 12.1. The Kier molecular flexibility index (Phi) is 4.66. The number of carbonyl (C=O) groups excluding carboxylic acids is 1. The standard InChI is InChI=1S/C15H16Cl2N4O/c16-13-3-1-2-12(14(13)17)15(22)21-8-6-20(7-9-21)10-11-4-5-18-19-11/h1-5H,6-10H2,(H,18,19). The lowest BCUT2D eigenvalue weighted by Gasteiger charge is -2.34. The minimum atomic E-state index is -0.0614. The predicted octanol–water partition coefficient (Wildman–Crippen LogP) is 2.67. The van der Waals surface area contributed by atoms with Crippen LogP contribution in [0.1, 0.15) is 16.1 Å². The highest BCUT2D eigenvalue weighted by Gasteiger charge is 2.24. The molecule has 22 heavy (non-hydrogen) atoms. The molecule has 116 valence electrons. The number of H-pyrrole nitrogens is 1. The van der Waals surface area contributed by atoms with Crippen LogP contribution in [-0.4, -0.2) is 52.1 Å². The van der Waals surface area contributed by atoms with Gasteiger partial charge in [0, 0.05) is 44.6 Å². The first-order chi connectivity index (χ1) is 10.6. The first-order valence-corrected chi connectivity index (χ1v) is 7.84. The predicted molar refractivity (Wildman–Crippen MR) is 86.2 cm³/mol. The number of hydrogen-bond donors (Lipinski definition) is 1. The van der Waals surface area contributed by atoms with Gasteiger partial charge in [-0.25, -0.2) is 0 Å². The number of carbonyl (C=O) groups is 1. The second-order valence-electron chi connectivity index (χ2n) is 5.25. The third-order valence-corrected chi connectivity index (χ3v) is 4.61. The van der Waals surface area contributed by atoms with Crippen molar-refractivity contribution in [1.82, 2.24) is 20.0 Å². The van der Waals surface area contributed by atoms with Crippen LogP contribution in [-0.2, 0) is 6.54 Å². The molecule has 0 bridgehead atoms. The van der Waals surface area contributed by atoms with E-state index in [1.807, 2.05) is 11.0 Å². The van der Waals surface area contributed by atoms with Crippen molar-refractivity contribution in [3.8, 4) is 0 Å². The van der Waals surface area contributed by atoms with E-state index in [0.717, 1.165) is 25.3 Å². The molecule has 1 aromatic heterocycles. The van der Waals surface area contributed by atoms with E-state index in [9.17, 15) is 4.79 Å². The Morgan fingerprint density at radius 2 is 1.95 bits per heavy atom. The molecule has 1 amide bonds. The van der Waals surface area contributed by atoms with Crippen LogP contribution in [0.2, 0.25) is 10.0 Å². The van der Waals surface area contributed by atoms with Crippen molar-refractivity contribution in [1.29, 1.82) is 0 Å². The van der Waals surface area contributed by atoms with Gasteiger partial charge in [-0.2, -0.15) is 5.10 Å². The van der Waals surface area contributed by atoms with Crippen LogP contribution in [0.5, 0.6) is 0 Å². The molecule has 7 heteroatoms. The maximum atomic E-state index is 12.5. The number of nitrogens with one attached hydrogen (secondary N) is 1. The van der Waals surface area contributed by atoms with Gasteiger partial charge in [-0.15, -0.1) is 0 Å². The fourth-order valence-corrected chi connectivity index (χ4v) is 2.94. The smallest absolute Gasteiger partial charge is 0.255 e. The molecule has 2 aromatic rings. The molecular formula is C15H16Cl2N4O. The molecule has 3 rings (SSSR count). The van der Waals surface area contributed by atoms with Crippen LogP contribution in [0, 0.1) is 0 Å². The van der Waals surface area contributed by atoms with E-state index >= 15 is 0 Å². The number of benzene rings is 1. The molecule has 1 aliphatic heterocycles. The number of aromatic amines is 1. The second kappa shape index (κ2) is 6.69. The van der Waals surface area contributed by atoms with Crippen molar-refractivity contribution in [3.05, 3.63) is 51.8 Å². The zero-order valence-corrected chi connectivity index (χ0v) is 13.4. The zero-order chi connectivity index (χ0) is 15.5. The van der Waals surface area contributed by atoms with Crippen LogP contribution in [0.3, 0.4) is 0 Å². The first kappa shape index (κ1) is 15.3. The van der Waals surface area contributed by atoms with Gasteiger partial charge in [0.05, 0.1) is 15.6 Å². The van der Waals surface area contributed by atoms with Gasteiger partial charge in [-0.05, 0) is 18.2 Å². The Hall–Kier alpha value is -1.56. The van der Waals surface area contributed by atoms with Gasteiger partial charge < -0.3 is 4.90 Å². The van der Waals surface area contributed by atoms with E-state index in [-0.39, 0.29) is 5.91 Å². The van der Waals surface area contributed by atoms with E-state index in [4.69, 9.17) is 23.2 Å². The lowest BCUT2D eigenvalue weighted by atomic mass is 10.1. The molecule has 0 unspecified atom stereocenters. The van der Waals surface area contributed by atoms with Gasteiger partial charge in [0.1, 0.15) is 0 Å². The van der Waals surface area contributed by atoms with E-state index in [2.05, 4.69) is 15.1 Å². The summed E-state index contributed by atoms with van der Waals surface area (Å²) in [6, 6.07) is 7.11. The van der Waals surface area contributed by atoms with Crippen LogP contribution in [0.25, 0.3) is 0 Å². The van der Waals surface area contributed by atoms with Gasteiger partial charge in [-0.3, -0.25) is 14.8 Å². The van der Waals surface area contributed by atoms with Gasteiger partial charge in [0.2, 0.25) is 0 Å². The third kappa shape index (κ3) is 3.27. The highest BCUT2D eigenvalue weighted by Crippen LogP contribution is 2.26. The van der Waals surface area contributed by atoms with Gasteiger partial charge >= 0.3 is 0 Å². The van der Waals surface area contributed by atoms with E-state index < -0.39 is 0 Å². The molecule has 1 saturated heterocycles. The maximum Gasteiger partial charge on any atom is 0.255 e. The lowest BCUT2D eigenvalue weighted by Crippen LogP contribution is -2.48. The van der Waals surface area contributed by atoms with Crippen LogP contribution in [0.4, 0.5) is 0 Å². The zero-order valence-electron chi connectivity index (χ0n) is 11.9. The number of rotatable bonds is 3. The number of aromatic nitrogens is 2. The highest BCUT2D eigenvalue weighted by atomic mass is 35.5. The molecule has 2 heterocycles. The second-order valence-corrected chi connectivity index (χ2v) is 6.04. The van der Waals surface area contributed by atoms with Crippen LogP contribution < -0.4 is 0 Å². The summed E-state index contributed by atoms with van der Waals surface area (Å²) in [4.78, 5) is 16.7. The summed E-state index contributed by atoms with van der Waals surface area (Å²) in [5, 5.41) is 7.63. The normalized spacial score (nSPS) is 16.0. The third-order valence-electron chi connectivity index (χ3n) is 3.79. The number of halogens is 2. The van der Waals surface area contributed by atoms with Crippen molar-refractivity contribution < 1.29 is 4.79 Å². The number of amides is 1. The summed E-state index contributed by atoms with van der Waals surface area (Å²) < 4.78 is 0. The van der Waals surface area contributed by atoms with Gasteiger partial charge in [0.15, 0.2) is 0 Å². The minimum absolute atomic E-state index is 0.0614. The molecule has 1 aliphatic rings. The molecule has 0 atom stereocenters. The Bertz CT molecular complexity index is 652. The van der Waals surface area contributed by atoms with Crippen molar-refractivity contribution in [2.75, 3.05) is 26.2 Å². The van der Waals surface area contributed by atoms with Gasteiger partial charge in [0.25, 0.3) is 5.91 Å². The molecule has 0 saturated carbocycles. The Labute approximate surface area is 138 Å². The van der Waals surface area contributed by atoms with Gasteiger partial charge in [-0.1, -0.05) is 29.3 Å². The fourth-order valence-electron chi connectivity index (χ4n) is 2.56. The maximum absolute atomic E-state index is 12.5. The Balaban J connectivity index is 1.61. The molecule has 1 fully saturated rings. The van der Waals surface area contributed by atoms with Crippen molar-refractivity contribution in [2.24, 2.45) is 0 Å². The number of piperazine rings is 1. The quantitative estimate of drug-likeness (QED) is 0.935. The lowest BCUT2D eigenvalue weighted by molar-refractivity contribution is 0.0627. The Morgan fingerprint density at radius 3 is 2.64 bits per heavy atom. The van der Waals surface area contributed by atoms with E-state index in [1.165, 1.54) is 0 Å². The molecular weight excluding hydrogens is 323 g/mol. The summed E-state index contributed by atoms with van der Waals surface area (Å²) in [5.74, 6) is -0.0614. The molecule has 1 N–H and O–H groups in total. The van der Waals surface area contributed by atoms with E-state index in [0.29, 0.717) is 28.7 Å². The molecule has 0 spiro atoms. The monoisotopic (exact) mass is 338 g/mol. The van der Waals surface area contributed by atoms with Crippen molar-refractivity contribution in [2.45, 2.75) is 6.54 Å². The minimum Gasteiger partial charge on any atom is -0.336 e. The van der Waals surface area contributed by atoms with Crippen molar-refractivity contribution >= 4 is 29.1 Å². The average molecular weight is 339 g/mol. The van der Waals surface area contributed by atoms with Crippen LogP contribution >= 0.6 is 23.2 Å². The first-order valence-electron chi connectivity index (χ1n) is 7.09. The summed E-state index contributed by atoms with van der Waals surface area (Å²) in [7, 11) is 0. The highest BCUT2D eigenvalue weighted by molar-refractivity contribution is 6.43. The largest absolute Gasteiger partial charge is 0.336 e. The Morgan fingerprint density at radius 1 is 1.18 bits per heavy atom. The SMILES string of the molecule is O=C(c1cccc(Cl)c1Cl)N1CCN(Cc2ccn[nH]2)CC1.